The number of aromatic nitrogens is 4. The topological polar surface area (TPSA) is 119 Å². The van der Waals surface area contributed by atoms with E-state index in [4.69, 9.17) is 10.8 Å². The Morgan fingerprint density at radius 3 is 2.51 bits per heavy atom. The number of carbonyl (C=O) groups excluding carboxylic acids is 2. The van der Waals surface area contributed by atoms with Gasteiger partial charge in [0.05, 0.1) is 11.4 Å². The molecule has 2 atom stereocenters. The van der Waals surface area contributed by atoms with E-state index >= 15 is 0 Å². The lowest BCUT2D eigenvalue weighted by Crippen LogP contribution is -2.55. The molecule has 2 aromatic heterocycles. The van der Waals surface area contributed by atoms with Crippen LogP contribution in [-0.2, 0) is 11.0 Å². The van der Waals surface area contributed by atoms with Gasteiger partial charge in [0.25, 0.3) is 11.8 Å². The summed E-state index contributed by atoms with van der Waals surface area (Å²) in [5.74, 6) is -2.38. The fraction of sp³-hybridized carbons (Fsp3) is 0.222. The number of aryl methyl sites for hydroxylation is 1. The Bertz CT molecular complexity index is 1550. The van der Waals surface area contributed by atoms with Crippen molar-refractivity contribution in [2.24, 2.45) is 0 Å². The summed E-state index contributed by atoms with van der Waals surface area (Å²) < 4.78 is 41.3. The Labute approximate surface area is 221 Å². The third kappa shape index (κ3) is 4.69. The van der Waals surface area contributed by atoms with Gasteiger partial charge in [-0.05, 0) is 49.7 Å². The first-order valence-electron chi connectivity index (χ1n) is 12.1. The molecule has 4 aromatic rings. The van der Waals surface area contributed by atoms with Crippen LogP contribution < -0.4 is 16.0 Å². The Hall–Kier alpha value is -4.74. The van der Waals surface area contributed by atoms with Crippen molar-refractivity contribution < 1.29 is 22.8 Å². The van der Waals surface area contributed by atoms with Crippen LogP contribution in [0.5, 0.6) is 0 Å². The minimum atomic E-state index is -4.76. The first kappa shape index (κ1) is 25.9. The lowest BCUT2D eigenvalue weighted by atomic mass is 9.81. The van der Waals surface area contributed by atoms with Crippen molar-refractivity contribution in [3.8, 4) is 5.69 Å². The summed E-state index contributed by atoms with van der Waals surface area (Å²) in [7, 11) is 0. The SMILES string of the molecule is CCN1C(=O)[C@@H](NC(=O)c2nccc(C(F)(F)F)n2)[C@H](c2cccc(N)c2)c2c(C)nn(-c3ccccc3)c21. The number of hydrogen-bond acceptors (Lipinski definition) is 6. The second kappa shape index (κ2) is 9.86. The van der Waals surface area contributed by atoms with Gasteiger partial charge in [0, 0.05) is 29.9 Å². The average molecular weight is 536 g/mol. The summed E-state index contributed by atoms with van der Waals surface area (Å²) in [5, 5.41) is 7.35. The molecule has 0 saturated heterocycles. The Morgan fingerprint density at radius 2 is 1.85 bits per heavy atom. The highest BCUT2D eigenvalue weighted by Gasteiger charge is 2.46. The van der Waals surface area contributed by atoms with Gasteiger partial charge in [0.15, 0.2) is 0 Å². The van der Waals surface area contributed by atoms with Crippen LogP contribution in [-0.4, -0.2) is 44.1 Å². The number of hydrogen-bond donors (Lipinski definition) is 2. The fourth-order valence-corrected chi connectivity index (χ4v) is 4.88. The summed E-state index contributed by atoms with van der Waals surface area (Å²) in [6.45, 7) is 3.84. The number of likely N-dealkylation sites (N-methyl/N-ethyl adjacent to an activating group) is 1. The van der Waals surface area contributed by atoms with Crippen LogP contribution in [0.1, 0.15) is 46.0 Å². The average Bonchev–Trinajstić information content (AvgIpc) is 3.25. The largest absolute Gasteiger partial charge is 0.433 e. The molecule has 3 N–H and O–H groups in total. The first-order valence-corrected chi connectivity index (χ1v) is 12.1. The molecule has 2 amide bonds. The van der Waals surface area contributed by atoms with Gasteiger partial charge in [-0.15, -0.1) is 0 Å². The molecule has 12 heteroatoms. The van der Waals surface area contributed by atoms with E-state index < -0.39 is 41.5 Å². The van der Waals surface area contributed by atoms with Crippen LogP contribution in [0.3, 0.4) is 0 Å². The summed E-state index contributed by atoms with van der Waals surface area (Å²) >= 11 is 0. The predicted octanol–water partition coefficient (Wildman–Crippen LogP) is 3.87. The molecule has 3 heterocycles. The van der Waals surface area contributed by atoms with Crippen LogP contribution in [0.4, 0.5) is 24.7 Å². The van der Waals surface area contributed by atoms with Crippen molar-refractivity contribution in [1.82, 2.24) is 25.1 Å². The molecule has 0 aliphatic carbocycles. The van der Waals surface area contributed by atoms with E-state index in [1.807, 2.05) is 30.3 Å². The van der Waals surface area contributed by atoms with E-state index in [0.29, 0.717) is 34.4 Å². The molecule has 0 unspecified atom stereocenters. The summed E-state index contributed by atoms with van der Waals surface area (Å²) in [4.78, 5) is 35.8. The van der Waals surface area contributed by atoms with Crippen molar-refractivity contribution in [2.75, 3.05) is 17.2 Å². The third-order valence-electron chi connectivity index (χ3n) is 6.54. The van der Waals surface area contributed by atoms with Gasteiger partial charge in [-0.2, -0.15) is 18.3 Å². The van der Waals surface area contributed by atoms with Crippen LogP contribution >= 0.6 is 0 Å². The summed E-state index contributed by atoms with van der Waals surface area (Å²) in [6, 6.07) is 15.7. The van der Waals surface area contributed by atoms with E-state index in [9.17, 15) is 22.8 Å². The fourth-order valence-electron chi connectivity index (χ4n) is 4.88. The molecule has 0 fully saturated rings. The van der Waals surface area contributed by atoms with E-state index in [0.717, 1.165) is 11.9 Å². The molecule has 0 bridgehead atoms. The van der Waals surface area contributed by atoms with Gasteiger partial charge in [-0.1, -0.05) is 30.3 Å². The maximum Gasteiger partial charge on any atom is 0.433 e. The standard InChI is InChI=1S/C27H24F3N7O2/c1-3-36-25-20(15(2)35-37(25)18-10-5-4-6-11-18)21(16-8-7-9-17(31)14-16)22(26(36)39)34-24(38)23-32-13-12-19(33-23)27(28,29)30/h4-14,21-22H,3,31H2,1-2H3,(H,34,38)/t21-,22+/m1/s1. The highest BCUT2D eigenvalue weighted by molar-refractivity contribution is 6.04. The van der Waals surface area contributed by atoms with E-state index in [1.54, 1.807) is 42.8 Å². The molecule has 0 spiro atoms. The van der Waals surface area contributed by atoms with Crippen LogP contribution in [0.15, 0.2) is 66.9 Å². The van der Waals surface area contributed by atoms with E-state index in [1.165, 1.54) is 4.90 Å². The molecule has 5 rings (SSSR count). The molecule has 39 heavy (non-hydrogen) atoms. The van der Waals surface area contributed by atoms with Crippen LogP contribution in [0.25, 0.3) is 5.69 Å². The van der Waals surface area contributed by atoms with Crippen molar-refractivity contribution in [3.05, 3.63) is 95.2 Å². The molecule has 200 valence electrons. The zero-order valence-corrected chi connectivity index (χ0v) is 21.0. The zero-order valence-electron chi connectivity index (χ0n) is 21.0. The highest BCUT2D eigenvalue weighted by Crippen LogP contribution is 2.43. The van der Waals surface area contributed by atoms with Gasteiger partial charge in [0.2, 0.25) is 5.82 Å². The zero-order chi connectivity index (χ0) is 27.9. The molecule has 2 aromatic carbocycles. The number of fused-ring (bicyclic) bond motifs is 1. The second-order valence-corrected chi connectivity index (χ2v) is 9.01. The molecule has 0 saturated carbocycles. The number of carbonyl (C=O) groups is 2. The monoisotopic (exact) mass is 535 g/mol. The minimum Gasteiger partial charge on any atom is -0.399 e. The van der Waals surface area contributed by atoms with E-state index in [-0.39, 0.29) is 6.54 Å². The van der Waals surface area contributed by atoms with Crippen molar-refractivity contribution in [1.29, 1.82) is 0 Å². The van der Waals surface area contributed by atoms with Gasteiger partial charge < -0.3 is 11.1 Å². The summed E-state index contributed by atoms with van der Waals surface area (Å²) in [6.07, 6.45) is -3.91. The number of para-hydroxylation sites is 1. The van der Waals surface area contributed by atoms with Gasteiger partial charge >= 0.3 is 6.18 Å². The summed E-state index contributed by atoms with van der Waals surface area (Å²) in [5.41, 5.74) is 7.92. The first-order chi connectivity index (χ1) is 18.6. The third-order valence-corrected chi connectivity index (χ3v) is 6.54. The van der Waals surface area contributed by atoms with Crippen molar-refractivity contribution in [3.63, 3.8) is 0 Å². The smallest absolute Gasteiger partial charge is 0.399 e. The minimum absolute atomic E-state index is 0.250. The number of rotatable bonds is 5. The Morgan fingerprint density at radius 1 is 1.10 bits per heavy atom. The Kier molecular flexibility index (Phi) is 6.54. The molecule has 9 nitrogen and oxygen atoms in total. The number of nitrogen functional groups attached to an aromatic ring is 1. The number of halogens is 3. The number of nitrogens with one attached hydrogen (secondary N) is 1. The maximum atomic E-state index is 14.0. The quantitative estimate of drug-likeness (QED) is 0.375. The van der Waals surface area contributed by atoms with Gasteiger partial charge in [0.1, 0.15) is 17.6 Å². The van der Waals surface area contributed by atoms with Crippen molar-refractivity contribution >= 4 is 23.3 Å². The van der Waals surface area contributed by atoms with Crippen molar-refractivity contribution in [2.45, 2.75) is 32.0 Å². The number of nitrogens with two attached hydrogens (primary N) is 1. The normalized spacial score (nSPS) is 17.2. The molecular weight excluding hydrogens is 511 g/mol. The van der Waals surface area contributed by atoms with Gasteiger partial charge in [-0.3, -0.25) is 14.5 Å². The number of alkyl halides is 3. The van der Waals surface area contributed by atoms with Gasteiger partial charge in [-0.25, -0.2) is 14.6 Å². The Balaban J connectivity index is 1.66. The molecule has 0 radical (unpaired) electrons. The predicted molar refractivity (Wildman–Crippen MR) is 137 cm³/mol. The molecular formula is C27H24F3N7O2. The lowest BCUT2D eigenvalue weighted by molar-refractivity contribution is -0.141. The van der Waals surface area contributed by atoms with E-state index in [2.05, 4.69) is 15.3 Å². The van der Waals surface area contributed by atoms with Crippen LogP contribution in [0, 0.1) is 6.92 Å². The molecule has 1 aliphatic heterocycles. The van der Waals surface area contributed by atoms with Crippen LogP contribution in [0.2, 0.25) is 0 Å². The second-order valence-electron chi connectivity index (χ2n) is 9.01. The number of amides is 2. The number of benzene rings is 2. The maximum absolute atomic E-state index is 14.0. The molecule has 1 aliphatic rings. The lowest BCUT2D eigenvalue weighted by Gasteiger charge is -2.38. The number of nitrogens with zero attached hydrogens (tertiary/aromatic N) is 5. The number of anilines is 2. The highest BCUT2D eigenvalue weighted by atomic mass is 19.4.